The van der Waals surface area contributed by atoms with E-state index in [0.29, 0.717) is 0 Å². The van der Waals surface area contributed by atoms with E-state index in [-0.39, 0.29) is 22.5 Å². The summed E-state index contributed by atoms with van der Waals surface area (Å²) in [6.45, 7) is 10.8. The maximum atomic E-state index is 13.4. The van der Waals surface area contributed by atoms with Gasteiger partial charge in [-0.15, -0.1) is 0 Å². The molecule has 2 aromatic heterocycles. The summed E-state index contributed by atoms with van der Waals surface area (Å²) in [7, 11) is 1.66. The third-order valence-electron chi connectivity index (χ3n) is 12.3. The number of aryl methyl sites for hydroxylation is 2. The monoisotopic (exact) mass is 873 g/mol. The Bertz CT molecular complexity index is 3220. The number of fused-ring (bicyclic) bond motifs is 1. The van der Waals surface area contributed by atoms with Gasteiger partial charge in [-0.1, -0.05) is 149 Å². The Morgan fingerprint density at radius 1 is 0.615 bits per heavy atom. The van der Waals surface area contributed by atoms with Crippen molar-refractivity contribution >= 4 is 33.6 Å². The first-order chi connectivity index (χ1) is 31.4. The number of rotatable bonds is 11. The molecule has 0 unspecified atom stereocenters. The maximum absolute atomic E-state index is 13.4. The van der Waals surface area contributed by atoms with Gasteiger partial charge in [-0.05, 0) is 92.9 Å². The smallest absolute Gasteiger partial charge is 0.300 e. The maximum Gasteiger partial charge on any atom is 0.300 e. The summed E-state index contributed by atoms with van der Waals surface area (Å²) in [5, 5.41) is 30.6. The summed E-state index contributed by atoms with van der Waals surface area (Å²) < 4.78 is 7.72. The van der Waals surface area contributed by atoms with Crippen LogP contribution >= 0.6 is 11.3 Å². The van der Waals surface area contributed by atoms with Crippen LogP contribution in [0, 0.1) is 27.2 Å². The van der Waals surface area contributed by atoms with Gasteiger partial charge in [0, 0.05) is 44.6 Å². The molecule has 0 aliphatic heterocycles. The van der Waals surface area contributed by atoms with Gasteiger partial charge in [0.1, 0.15) is 11.4 Å². The van der Waals surface area contributed by atoms with E-state index in [1.165, 1.54) is 29.0 Å². The molecule has 0 N–H and O–H groups in total. The second kappa shape index (κ2) is 17.2. The Hall–Kier alpha value is -7.62. The molecule has 0 radical (unpaired) electrons. The Balaban J connectivity index is 1.66. The zero-order valence-electron chi connectivity index (χ0n) is 37.1. The van der Waals surface area contributed by atoms with E-state index in [2.05, 4.69) is 137 Å². The highest BCUT2D eigenvalue weighted by atomic mass is 32.1. The third kappa shape index (κ3) is 7.78. The molecule has 8 nitrogen and oxygen atoms in total. The van der Waals surface area contributed by atoms with E-state index in [4.69, 9.17) is 4.74 Å². The first-order valence-electron chi connectivity index (χ1n) is 21.6. The fraction of sp³-hybridized carbons (Fsp3) is 0.143. The summed E-state index contributed by atoms with van der Waals surface area (Å²) in [6, 6.07) is 50.3. The van der Waals surface area contributed by atoms with Crippen LogP contribution in [0.1, 0.15) is 44.4 Å². The van der Waals surface area contributed by atoms with Gasteiger partial charge in [0.2, 0.25) is 0 Å². The molecule has 2 heterocycles. The van der Waals surface area contributed by atoms with Crippen molar-refractivity contribution in [1.29, 1.82) is 0 Å². The van der Waals surface area contributed by atoms with Crippen LogP contribution in [-0.4, -0.2) is 21.5 Å². The lowest BCUT2D eigenvalue weighted by Gasteiger charge is -2.25. The number of methoxy groups -OCH3 is 1. The topological polar surface area (TPSA) is 100 Å². The normalized spacial score (nSPS) is 11.5. The van der Waals surface area contributed by atoms with Crippen molar-refractivity contribution < 1.29 is 14.6 Å². The van der Waals surface area contributed by atoms with Gasteiger partial charge in [-0.2, -0.15) is 11.3 Å². The quantitative estimate of drug-likeness (QED) is 0.0952. The van der Waals surface area contributed by atoms with E-state index in [1.807, 2.05) is 46.3 Å². The number of hydrogen-bond acceptors (Lipinski definition) is 6. The lowest BCUT2D eigenvalue weighted by Crippen LogP contribution is -2.10. The minimum absolute atomic E-state index is 0.114. The van der Waals surface area contributed by atoms with Gasteiger partial charge in [0.05, 0.1) is 34.2 Å². The van der Waals surface area contributed by atoms with Crippen molar-refractivity contribution in [1.82, 2.24) is 4.57 Å². The second-order valence-corrected chi connectivity index (χ2v) is 18.1. The number of aromatic nitrogens is 1. The largest absolute Gasteiger partial charge is 0.497 e. The molecule has 0 fully saturated rings. The second-order valence-electron chi connectivity index (χ2n) is 17.3. The fourth-order valence-corrected chi connectivity index (χ4v) is 9.62. The summed E-state index contributed by atoms with van der Waals surface area (Å²) in [5.41, 5.74) is 14.3. The average molecular weight is 874 g/mol. The van der Waals surface area contributed by atoms with Crippen LogP contribution in [0.25, 0.3) is 83.5 Å². The zero-order valence-corrected chi connectivity index (χ0v) is 37.9. The number of hydrogen-bond donors (Lipinski definition) is 0. The van der Waals surface area contributed by atoms with Crippen LogP contribution in [0.5, 0.6) is 5.75 Å². The molecule has 9 heteroatoms. The Kier molecular flexibility index (Phi) is 11.3. The number of non-ortho nitro benzene ring substituents is 1. The number of nitro groups is 2. The molecule has 0 saturated heterocycles. The van der Waals surface area contributed by atoms with Crippen molar-refractivity contribution in [3.05, 3.63) is 199 Å². The summed E-state index contributed by atoms with van der Waals surface area (Å²) in [6.07, 6.45) is 0.839. The minimum Gasteiger partial charge on any atom is -0.497 e. The van der Waals surface area contributed by atoms with Crippen molar-refractivity contribution in [3.8, 4) is 78.3 Å². The third-order valence-corrected chi connectivity index (χ3v) is 13.0. The summed E-state index contributed by atoms with van der Waals surface area (Å²) in [5.74, 6) is 0.722. The van der Waals surface area contributed by atoms with Gasteiger partial charge in [-0.25, -0.2) is 0 Å². The highest BCUT2D eigenvalue weighted by molar-refractivity contribution is 7.08. The van der Waals surface area contributed by atoms with Crippen LogP contribution < -0.4 is 4.74 Å². The van der Waals surface area contributed by atoms with E-state index in [1.54, 1.807) is 7.11 Å². The van der Waals surface area contributed by atoms with E-state index in [0.717, 1.165) is 107 Å². The number of thiophene rings is 1. The molecule has 7 aromatic carbocycles. The summed E-state index contributed by atoms with van der Waals surface area (Å²) >= 11 is 1.54. The Labute approximate surface area is 382 Å². The van der Waals surface area contributed by atoms with E-state index < -0.39 is 9.85 Å². The van der Waals surface area contributed by atoms with Gasteiger partial charge in [0.25, 0.3) is 11.4 Å². The first kappa shape index (κ1) is 42.7. The molecule has 0 spiro atoms. The van der Waals surface area contributed by atoms with Crippen molar-refractivity contribution in [2.75, 3.05) is 7.11 Å². The predicted molar refractivity (Wildman–Crippen MR) is 266 cm³/mol. The fourth-order valence-electron chi connectivity index (χ4n) is 8.97. The molecule has 9 aromatic rings. The molecule has 322 valence electrons. The molecular weight excluding hydrogens is 827 g/mol. The molecule has 65 heavy (non-hydrogen) atoms. The van der Waals surface area contributed by atoms with E-state index >= 15 is 0 Å². The van der Waals surface area contributed by atoms with E-state index in [9.17, 15) is 20.2 Å². The summed E-state index contributed by atoms with van der Waals surface area (Å²) in [4.78, 5) is 24.6. The first-order valence-corrected chi connectivity index (χ1v) is 22.5. The number of benzene rings is 7. The zero-order chi connectivity index (χ0) is 45.6. The van der Waals surface area contributed by atoms with Crippen LogP contribution in [0.4, 0.5) is 11.4 Å². The number of nitrogens with zero attached hydrogens (tertiary/aromatic N) is 3. The molecule has 0 bridgehead atoms. The molecule has 0 amide bonds. The van der Waals surface area contributed by atoms with Crippen molar-refractivity contribution in [2.45, 2.75) is 46.5 Å². The standard InChI is InChI=1S/C56H47N3O5S/c1-7-36-15-19-41(20-16-36)51-49(38-21-25-43(26-22-38)56(3,4)5)48(39-23-28-45(64-6)29-24-39)50(37-11-9-8-10-12-37)53-52(40-17-13-35(2)14-18-40)54(42-31-32-65-34-42)57(55(51)53)46-30-27-44(58(60)61)33-47(46)59(62)63/h8-34H,7H2,1-6H3. The molecule has 0 aliphatic rings. The predicted octanol–water partition coefficient (Wildman–Crippen LogP) is 15.7. The molecular formula is C56H47N3O5S. The Morgan fingerprint density at radius 2 is 1.18 bits per heavy atom. The van der Waals surface area contributed by atoms with Crippen molar-refractivity contribution in [2.24, 2.45) is 0 Å². The van der Waals surface area contributed by atoms with Crippen LogP contribution in [0.2, 0.25) is 0 Å². The lowest BCUT2D eigenvalue weighted by atomic mass is 9.78. The molecule has 9 rings (SSSR count). The minimum atomic E-state index is -0.587. The molecule has 0 atom stereocenters. The highest BCUT2D eigenvalue weighted by Crippen LogP contribution is 2.57. The van der Waals surface area contributed by atoms with Crippen LogP contribution in [-0.2, 0) is 11.8 Å². The van der Waals surface area contributed by atoms with Gasteiger partial charge in [-0.3, -0.25) is 20.2 Å². The number of nitro benzene ring substituents is 2. The molecule has 0 aliphatic carbocycles. The van der Waals surface area contributed by atoms with Gasteiger partial charge >= 0.3 is 0 Å². The van der Waals surface area contributed by atoms with Gasteiger partial charge < -0.3 is 9.30 Å². The van der Waals surface area contributed by atoms with Crippen LogP contribution in [0.15, 0.2) is 162 Å². The highest BCUT2D eigenvalue weighted by Gasteiger charge is 2.35. The van der Waals surface area contributed by atoms with Gasteiger partial charge in [0.15, 0.2) is 0 Å². The average Bonchev–Trinajstić information content (AvgIpc) is 3.98. The molecule has 0 saturated carbocycles. The SMILES string of the molecule is CCc1ccc(-c2c(-c3ccc(C(C)(C)C)cc3)c(-c3ccc(OC)cc3)c(-c3ccccc3)c3c(-c4ccc(C)cc4)c(-c4ccsc4)n(-c4ccc([N+](=O)[O-])cc4[N+](=O)[O-])c23)cc1. The Morgan fingerprint density at radius 3 is 1.75 bits per heavy atom. The number of ether oxygens (including phenoxy) is 1. The lowest BCUT2D eigenvalue weighted by molar-refractivity contribution is -0.394. The van der Waals surface area contributed by atoms with Crippen LogP contribution in [0.3, 0.4) is 0 Å². The van der Waals surface area contributed by atoms with Crippen molar-refractivity contribution in [3.63, 3.8) is 0 Å².